The van der Waals surface area contributed by atoms with Crippen LogP contribution in [0.1, 0.15) is 40.0 Å². The van der Waals surface area contributed by atoms with Crippen LogP contribution in [0.25, 0.3) is 0 Å². The zero-order valence-electron chi connectivity index (χ0n) is 14.0. The summed E-state index contributed by atoms with van der Waals surface area (Å²) in [6.45, 7) is 9.00. The van der Waals surface area contributed by atoms with E-state index in [1.807, 2.05) is 13.8 Å². The minimum atomic E-state index is -1.16. The molecule has 1 aliphatic carbocycles. The van der Waals surface area contributed by atoms with E-state index in [1.54, 1.807) is 6.92 Å². The SMILES string of the molecule is C=C(C)C(O)OCC(=O)OCC1CCC2C(C1)C(=O)OC2(C)C. The molecule has 130 valence electrons. The second-order valence-corrected chi connectivity index (χ2v) is 7.11. The van der Waals surface area contributed by atoms with Crippen molar-refractivity contribution in [1.82, 2.24) is 0 Å². The summed E-state index contributed by atoms with van der Waals surface area (Å²) >= 11 is 0. The van der Waals surface area contributed by atoms with Crippen LogP contribution in [0.4, 0.5) is 0 Å². The van der Waals surface area contributed by atoms with Gasteiger partial charge in [-0.1, -0.05) is 6.58 Å². The molecule has 1 saturated carbocycles. The average molecular weight is 326 g/mol. The first-order valence-electron chi connectivity index (χ1n) is 8.04. The van der Waals surface area contributed by atoms with E-state index in [9.17, 15) is 14.7 Å². The van der Waals surface area contributed by atoms with Crippen molar-refractivity contribution in [1.29, 1.82) is 0 Å². The molecule has 2 fully saturated rings. The van der Waals surface area contributed by atoms with E-state index in [1.165, 1.54) is 0 Å². The fraction of sp³-hybridized carbons (Fsp3) is 0.765. The van der Waals surface area contributed by atoms with Crippen LogP contribution in [-0.4, -0.2) is 42.1 Å². The highest BCUT2D eigenvalue weighted by Crippen LogP contribution is 2.47. The number of rotatable bonds is 6. The van der Waals surface area contributed by atoms with E-state index in [4.69, 9.17) is 14.2 Å². The van der Waals surface area contributed by atoms with Crippen molar-refractivity contribution in [2.45, 2.75) is 51.9 Å². The zero-order chi connectivity index (χ0) is 17.2. The Morgan fingerprint density at radius 1 is 1.48 bits per heavy atom. The molecule has 23 heavy (non-hydrogen) atoms. The van der Waals surface area contributed by atoms with Gasteiger partial charge >= 0.3 is 11.9 Å². The Kier molecular flexibility index (Phi) is 5.47. The van der Waals surface area contributed by atoms with Gasteiger partial charge in [-0.15, -0.1) is 0 Å². The molecule has 1 aliphatic heterocycles. The van der Waals surface area contributed by atoms with Gasteiger partial charge in [-0.25, -0.2) is 4.79 Å². The molecule has 4 atom stereocenters. The summed E-state index contributed by atoms with van der Waals surface area (Å²) in [4.78, 5) is 23.6. The van der Waals surface area contributed by atoms with Crippen molar-refractivity contribution in [3.05, 3.63) is 12.2 Å². The number of carbonyl (C=O) groups is 2. The van der Waals surface area contributed by atoms with Crippen molar-refractivity contribution >= 4 is 11.9 Å². The molecule has 6 heteroatoms. The van der Waals surface area contributed by atoms with Crippen LogP contribution >= 0.6 is 0 Å². The Labute approximate surface area is 136 Å². The maximum atomic E-state index is 12.0. The summed E-state index contributed by atoms with van der Waals surface area (Å²) in [6.07, 6.45) is 1.34. The number of hydrogen-bond donors (Lipinski definition) is 1. The van der Waals surface area contributed by atoms with Crippen LogP contribution in [-0.2, 0) is 23.8 Å². The van der Waals surface area contributed by atoms with Crippen molar-refractivity contribution in [2.24, 2.45) is 17.8 Å². The number of fused-ring (bicyclic) bond motifs is 1. The molecule has 1 N–H and O–H groups in total. The third-order valence-corrected chi connectivity index (χ3v) is 4.78. The Balaban J connectivity index is 1.75. The Bertz CT molecular complexity index is 483. The second-order valence-electron chi connectivity index (χ2n) is 7.11. The molecule has 1 saturated heterocycles. The molecule has 2 aliphatic rings. The monoisotopic (exact) mass is 326 g/mol. The summed E-state index contributed by atoms with van der Waals surface area (Å²) in [5.74, 6) is -0.349. The first-order chi connectivity index (χ1) is 10.7. The zero-order valence-corrected chi connectivity index (χ0v) is 14.0. The Hall–Kier alpha value is -1.40. The van der Waals surface area contributed by atoms with Crippen molar-refractivity contribution in [2.75, 3.05) is 13.2 Å². The first-order valence-corrected chi connectivity index (χ1v) is 8.04. The van der Waals surface area contributed by atoms with Gasteiger partial charge in [-0.3, -0.25) is 4.79 Å². The highest BCUT2D eigenvalue weighted by Gasteiger charge is 2.52. The lowest BCUT2D eigenvalue weighted by Crippen LogP contribution is -2.35. The molecule has 1 heterocycles. The molecule has 0 aromatic heterocycles. The number of aliphatic hydroxyl groups is 1. The van der Waals surface area contributed by atoms with Crippen LogP contribution in [0.15, 0.2) is 12.2 Å². The van der Waals surface area contributed by atoms with E-state index in [0.29, 0.717) is 12.0 Å². The minimum absolute atomic E-state index is 0.0936. The van der Waals surface area contributed by atoms with E-state index in [-0.39, 0.29) is 36.9 Å². The van der Waals surface area contributed by atoms with Crippen molar-refractivity contribution in [3.63, 3.8) is 0 Å². The third-order valence-electron chi connectivity index (χ3n) is 4.78. The summed E-state index contributed by atoms with van der Waals surface area (Å²) < 4.78 is 15.6. The molecule has 0 aromatic carbocycles. The van der Waals surface area contributed by atoms with Gasteiger partial charge in [0.25, 0.3) is 0 Å². The maximum absolute atomic E-state index is 12.0. The molecule has 6 nitrogen and oxygen atoms in total. The molecule has 0 amide bonds. The minimum Gasteiger partial charge on any atom is -0.464 e. The van der Waals surface area contributed by atoms with Crippen LogP contribution < -0.4 is 0 Å². The third kappa shape index (κ3) is 4.32. The summed E-state index contributed by atoms with van der Waals surface area (Å²) in [6, 6.07) is 0. The smallest absolute Gasteiger partial charge is 0.332 e. The maximum Gasteiger partial charge on any atom is 0.332 e. The molecule has 0 aromatic rings. The van der Waals surface area contributed by atoms with E-state index in [2.05, 4.69) is 6.58 Å². The Morgan fingerprint density at radius 2 is 2.17 bits per heavy atom. The molecule has 4 unspecified atom stereocenters. The number of cyclic esters (lactones) is 1. The van der Waals surface area contributed by atoms with Gasteiger partial charge in [-0.2, -0.15) is 0 Å². The van der Waals surface area contributed by atoms with Crippen LogP contribution in [0.5, 0.6) is 0 Å². The van der Waals surface area contributed by atoms with Gasteiger partial charge in [0, 0.05) is 5.92 Å². The lowest BCUT2D eigenvalue weighted by molar-refractivity contribution is -0.160. The van der Waals surface area contributed by atoms with E-state index >= 15 is 0 Å². The fourth-order valence-electron chi connectivity index (χ4n) is 3.45. The normalized spacial score (nSPS) is 30.3. The van der Waals surface area contributed by atoms with Gasteiger partial charge in [0.15, 0.2) is 6.29 Å². The highest BCUT2D eigenvalue weighted by molar-refractivity contribution is 5.76. The van der Waals surface area contributed by atoms with Crippen LogP contribution in [0.3, 0.4) is 0 Å². The number of hydrogen-bond acceptors (Lipinski definition) is 6. The second kappa shape index (κ2) is 7.01. The lowest BCUT2D eigenvalue weighted by atomic mass is 9.70. The quantitative estimate of drug-likeness (QED) is 0.455. The molecular formula is C17H26O6. The Morgan fingerprint density at radius 3 is 2.83 bits per heavy atom. The standard InChI is InChI=1S/C17H26O6/c1-10(2)15(19)22-9-14(18)21-8-11-5-6-13-12(7-11)16(20)23-17(13,3)4/h11-13,15,19H,1,5-9H2,2-4H3. The van der Waals surface area contributed by atoms with E-state index < -0.39 is 17.9 Å². The van der Waals surface area contributed by atoms with Gasteiger partial charge in [0.05, 0.1) is 12.5 Å². The first kappa shape index (κ1) is 17.9. The van der Waals surface area contributed by atoms with E-state index in [0.717, 1.165) is 12.8 Å². The predicted molar refractivity (Wildman–Crippen MR) is 82.2 cm³/mol. The van der Waals surface area contributed by atoms with Gasteiger partial charge in [0.2, 0.25) is 0 Å². The van der Waals surface area contributed by atoms with Crippen molar-refractivity contribution < 1.29 is 28.9 Å². The molecular weight excluding hydrogens is 300 g/mol. The molecule has 0 spiro atoms. The van der Waals surface area contributed by atoms with Crippen molar-refractivity contribution in [3.8, 4) is 0 Å². The summed E-state index contributed by atoms with van der Waals surface area (Å²) in [7, 11) is 0. The fourth-order valence-corrected chi connectivity index (χ4v) is 3.45. The van der Waals surface area contributed by atoms with Crippen LogP contribution in [0, 0.1) is 17.8 Å². The largest absolute Gasteiger partial charge is 0.464 e. The number of esters is 2. The molecule has 0 radical (unpaired) electrons. The topological polar surface area (TPSA) is 82.1 Å². The van der Waals surface area contributed by atoms with Gasteiger partial charge in [-0.05, 0) is 51.5 Å². The van der Waals surface area contributed by atoms with Gasteiger partial charge in [0.1, 0.15) is 12.2 Å². The predicted octanol–water partition coefficient (Wildman–Crippen LogP) is 1.81. The molecule has 2 rings (SSSR count). The average Bonchev–Trinajstić information content (AvgIpc) is 2.71. The highest BCUT2D eigenvalue weighted by atomic mass is 16.6. The number of aliphatic hydroxyl groups excluding tert-OH is 1. The van der Waals surface area contributed by atoms with Gasteiger partial charge < -0.3 is 19.3 Å². The summed E-state index contributed by atoms with van der Waals surface area (Å²) in [5, 5.41) is 9.39. The number of ether oxygens (including phenoxy) is 3. The number of carbonyl (C=O) groups excluding carboxylic acids is 2. The lowest BCUT2D eigenvalue weighted by Gasteiger charge is -2.33. The summed E-state index contributed by atoms with van der Waals surface area (Å²) in [5.41, 5.74) is 0.0362. The molecule has 0 bridgehead atoms. The van der Waals surface area contributed by atoms with Crippen LogP contribution in [0.2, 0.25) is 0 Å².